The number of ether oxygens (including phenoxy) is 1. The molecule has 3 atom stereocenters. The minimum Gasteiger partial charge on any atom is -0.497 e. The van der Waals surface area contributed by atoms with Gasteiger partial charge in [0.2, 0.25) is 10.0 Å². The number of hydrogen-bond donors (Lipinski definition) is 1. The van der Waals surface area contributed by atoms with Gasteiger partial charge in [0, 0.05) is 38.3 Å². The van der Waals surface area contributed by atoms with Crippen LogP contribution in [0.3, 0.4) is 0 Å². The van der Waals surface area contributed by atoms with Gasteiger partial charge in [-0.05, 0) is 61.8 Å². The largest absolute Gasteiger partial charge is 0.497 e. The molecule has 0 amide bonds. The quantitative estimate of drug-likeness (QED) is 0.858. The SMILES string of the molecule is COc1ccc(S(=O)(=O)N2CCC(N3C[C@@H]4CC[C@H](N)[C@H]4C3)CC2)cc1. The van der Waals surface area contributed by atoms with Crippen molar-refractivity contribution in [2.45, 2.75) is 42.7 Å². The number of sulfonamides is 1. The van der Waals surface area contributed by atoms with Crippen molar-refractivity contribution in [1.29, 1.82) is 0 Å². The molecule has 0 spiro atoms. The van der Waals surface area contributed by atoms with Crippen molar-refractivity contribution >= 4 is 10.0 Å². The van der Waals surface area contributed by atoms with Crippen molar-refractivity contribution in [1.82, 2.24) is 9.21 Å². The standard InChI is InChI=1S/C19H29N3O3S/c1-25-16-3-5-17(6-4-16)26(23,24)22-10-8-15(9-11-22)21-12-14-2-7-19(20)18(14)13-21/h3-6,14-15,18-19H,2,7-13,20H2,1H3/t14-,18-,19-/m0/s1. The number of benzene rings is 1. The lowest BCUT2D eigenvalue weighted by Gasteiger charge is -2.36. The van der Waals surface area contributed by atoms with Crippen LogP contribution in [-0.4, -0.2) is 63.0 Å². The molecule has 1 aliphatic carbocycles. The molecule has 26 heavy (non-hydrogen) atoms. The zero-order valence-electron chi connectivity index (χ0n) is 15.4. The van der Waals surface area contributed by atoms with E-state index in [0.717, 1.165) is 31.8 Å². The van der Waals surface area contributed by atoms with E-state index < -0.39 is 10.0 Å². The molecule has 2 saturated heterocycles. The Morgan fingerprint density at radius 2 is 1.73 bits per heavy atom. The van der Waals surface area contributed by atoms with Crippen LogP contribution in [0.25, 0.3) is 0 Å². The van der Waals surface area contributed by atoms with Crippen LogP contribution in [0.5, 0.6) is 5.75 Å². The number of nitrogens with zero attached hydrogens (tertiary/aromatic N) is 2. The molecule has 1 saturated carbocycles. The van der Waals surface area contributed by atoms with Crippen LogP contribution in [0, 0.1) is 11.8 Å². The molecule has 144 valence electrons. The van der Waals surface area contributed by atoms with Gasteiger partial charge in [-0.1, -0.05) is 0 Å². The first-order valence-electron chi connectivity index (χ1n) is 9.63. The van der Waals surface area contributed by atoms with Crippen LogP contribution < -0.4 is 10.5 Å². The van der Waals surface area contributed by atoms with E-state index in [1.165, 1.54) is 12.8 Å². The lowest BCUT2D eigenvalue weighted by Crippen LogP contribution is -2.46. The maximum absolute atomic E-state index is 12.9. The highest BCUT2D eigenvalue weighted by molar-refractivity contribution is 7.89. The second-order valence-corrected chi connectivity index (χ2v) is 9.87. The van der Waals surface area contributed by atoms with Crippen molar-refractivity contribution in [2.75, 3.05) is 33.3 Å². The van der Waals surface area contributed by atoms with Crippen molar-refractivity contribution in [3.05, 3.63) is 24.3 Å². The molecule has 2 aliphatic heterocycles. The summed E-state index contributed by atoms with van der Waals surface area (Å²) in [4.78, 5) is 2.92. The van der Waals surface area contributed by atoms with Gasteiger partial charge in [0.05, 0.1) is 12.0 Å². The molecule has 0 bridgehead atoms. The van der Waals surface area contributed by atoms with Crippen molar-refractivity contribution in [3.63, 3.8) is 0 Å². The van der Waals surface area contributed by atoms with Crippen LogP contribution in [0.1, 0.15) is 25.7 Å². The highest BCUT2D eigenvalue weighted by Gasteiger charge is 2.43. The van der Waals surface area contributed by atoms with E-state index in [4.69, 9.17) is 10.5 Å². The van der Waals surface area contributed by atoms with Gasteiger partial charge < -0.3 is 10.5 Å². The third-order valence-electron chi connectivity index (χ3n) is 6.58. The fraction of sp³-hybridized carbons (Fsp3) is 0.684. The van der Waals surface area contributed by atoms with Gasteiger partial charge in [-0.25, -0.2) is 8.42 Å². The van der Waals surface area contributed by atoms with Gasteiger partial charge in [0.25, 0.3) is 0 Å². The monoisotopic (exact) mass is 379 g/mol. The highest BCUT2D eigenvalue weighted by atomic mass is 32.2. The summed E-state index contributed by atoms with van der Waals surface area (Å²) in [6.45, 7) is 3.43. The summed E-state index contributed by atoms with van der Waals surface area (Å²) < 4.78 is 32.5. The lowest BCUT2D eigenvalue weighted by molar-refractivity contribution is 0.156. The Kier molecular flexibility index (Phi) is 4.98. The summed E-state index contributed by atoms with van der Waals surface area (Å²) in [6, 6.07) is 7.51. The Morgan fingerprint density at radius 1 is 1.04 bits per heavy atom. The molecule has 2 heterocycles. The molecule has 6 nitrogen and oxygen atoms in total. The number of nitrogens with two attached hydrogens (primary N) is 1. The van der Waals surface area contributed by atoms with E-state index in [1.54, 1.807) is 35.7 Å². The smallest absolute Gasteiger partial charge is 0.243 e. The van der Waals surface area contributed by atoms with Crippen LogP contribution in [0.2, 0.25) is 0 Å². The van der Waals surface area contributed by atoms with Crippen LogP contribution >= 0.6 is 0 Å². The molecule has 4 rings (SSSR count). The Balaban J connectivity index is 1.37. The highest BCUT2D eigenvalue weighted by Crippen LogP contribution is 2.39. The molecule has 3 aliphatic rings. The molecule has 3 fully saturated rings. The average Bonchev–Trinajstić information content (AvgIpc) is 3.24. The Labute approximate surface area is 156 Å². The summed E-state index contributed by atoms with van der Waals surface area (Å²) in [6.07, 6.45) is 4.24. The van der Waals surface area contributed by atoms with Gasteiger partial charge in [0.1, 0.15) is 5.75 Å². The minimum atomic E-state index is -3.42. The fourth-order valence-corrected chi connectivity index (χ4v) is 6.45. The Hall–Kier alpha value is -1.15. The summed E-state index contributed by atoms with van der Waals surface area (Å²) in [5.74, 6) is 2.07. The zero-order chi connectivity index (χ0) is 18.3. The third-order valence-corrected chi connectivity index (χ3v) is 8.49. The Bertz CT molecular complexity index is 729. The van der Waals surface area contributed by atoms with Gasteiger partial charge in [-0.15, -0.1) is 0 Å². The van der Waals surface area contributed by atoms with E-state index >= 15 is 0 Å². The predicted molar refractivity (Wildman–Crippen MR) is 101 cm³/mol. The lowest BCUT2D eigenvalue weighted by atomic mass is 9.98. The number of fused-ring (bicyclic) bond motifs is 1. The average molecular weight is 380 g/mol. The van der Waals surface area contributed by atoms with Crippen LogP contribution in [-0.2, 0) is 10.0 Å². The maximum Gasteiger partial charge on any atom is 0.243 e. The van der Waals surface area contributed by atoms with E-state index in [0.29, 0.717) is 41.7 Å². The number of methoxy groups -OCH3 is 1. The van der Waals surface area contributed by atoms with E-state index in [2.05, 4.69) is 4.90 Å². The van der Waals surface area contributed by atoms with Gasteiger partial charge in [0.15, 0.2) is 0 Å². The van der Waals surface area contributed by atoms with Crippen LogP contribution in [0.4, 0.5) is 0 Å². The molecule has 1 aromatic carbocycles. The second kappa shape index (κ2) is 7.11. The molecule has 7 heteroatoms. The van der Waals surface area contributed by atoms with Gasteiger partial charge >= 0.3 is 0 Å². The number of likely N-dealkylation sites (tertiary alicyclic amines) is 1. The van der Waals surface area contributed by atoms with E-state index in [1.807, 2.05) is 0 Å². The summed E-state index contributed by atoms with van der Waals surface area (Å²) in [5.41, 5.74) is 6.25. The molecular weight excluding hydrogens is 350 g/mol. The van der Waals surface area contributed by atoms with Gasteiger partial charge in [-0.2, -0.15) is 4.31 Å². The summed E-state index contributed by atoms with van der Waals surface area (Å²) in [7, 11) is -1.84. The topological polar surface area (TPSA) is 75.9 Å². The minimum absolute atomic E-state index is 0.346. The second-order valence-electron chi connectivity index (χ2n) is 7.93. The predicted octanol–water partition coefficient (Wildman–Crippen LogP) is 1.52. The summed E-state index contributed by atoms with van der Waals surface area (Å²) >= 11 is 0. The first-order chi connectivity index (χ1) is 12.5. The van der Waals surface area contributed by atoms with Crippen molar-refractivity contribution < 1.29 is 13.2 Å². The maximum atomic E-state index is 12.9. The van der Waals surface area contributed by atoms with Crippen molar-refractivity contribution in [3.8, 4) is 5.75 Å². The van der Waals surface area contributed by atoms with E-state index in [9.17, 15) is 8.42 Å². The normalized spacial score (nSPS) is 31.2. The third kappa shape index (κ3) is 3.26. The molecule has 0 unspecified atom stereocenters. The molecule has 0 aromatic heterocycles. The fourth-order valence-electron chi connectivity index (χ4n) is 4.98. The van der Waals surface area contributed by atoms with Crippen LogP contribution in [0.15, 0.2) is 29.2 Å². The summed E-state index contributed by atoms with van der Waals surface area (Å²) in [5, 5.41) is 0. The molecular formula is C19H29N3O3S. The van der Waals surface area contributed by atoms with Crippen molar-refractivity contribution in [2.24, 2.45) is 17.6 Å². The molecule has 0 radical (unpaired) electrons. The first-order valence-corrected chi connectivity index (χ1v) is 11.1. The first kappa shape index (κ1) is 18.2. The number of rotatable bonds is 4. The molecule has 2 N–H and O–H groups in total. The van der Waals surface area contributed by atoms with Gasteiger partial charge in [-0.3, -0.25) is 4.90 Å². The zero-order valence-corrected chi connectivity index (χ0v) is 16.2. The number of hydrogen-bond acceptors (Lipinski definition) is 5. The van der Waals surface area contributed by atoms with E-state index in [-0.39, 0.29) is 0 Å². The molecule has 1 aromatic rings. The number of piperidine rings is 1. The Morgan fingerprint density at radius 3 is 2.35 bits per heavy atom.